The summed E-state index contributed by atoms with van der Waals surface area (Å²) in [5.74, 6) is 0. The van der Waals surface area contributed by atoms with Crippen LogP contribution in [0.15, 0.2) is 51.9 Å². The van der Waals surface area contributed by atoms with Crippen LogP contribution in [-0.2, 0) is 0 Å². The van der Waals surface area contributed by atoms with Crippen molar-refractivity contribution in [2.24, 2.45) is 0 Å². The second kappa shape index (κ2) is 5.81. The Morgan fingerprint density at radius 2 is 2.00 bits per heavy atom. The molecule has 3 aromatic rings. The minimum absolute atomic E-state index is 0. The largest absolute Gasteiger partial charge is 0.328 e. The molecule has 20 heavy (non-hydrogen) atoms. The second-order valence-electron chi connectivity index (χ2n) is 4.41. The molecule has 0 spiro atoms. The quantitative estimate of drug-likeness (QED) is 0.765. The molecule has 0 radical (unpaired) electrons. The van der Waals surface area contributed by atoms with Crippen molar-refractivity contribution in [2.45, 2.75) is 13.0 Å². The van der Waals surface area contributed by atoms with Crippen LogP contribution in [0.3, 0.4) is 0 Å². The Morgan fingerprint density at radius 3 is 2.70 bits per heavy atom. The summed E-state index contributed by atoms with van der Waals surface area (Å²) in [4.78, 5) is 19.1. The van der Waals surface area contributed by atoms with Crippen molar-refractivity contribution in [3.8, 4) is 0 Å². The lowest BCUT2D eigenvalue weighted by atomic mass is 10.1. The highest BCUT2D eigenvalue weighted by molar-refractivity contribution is 9.10. The Bertz CT molecular complexity index is 782. The van der Waals surface area contributed by atoms with Gasteiger partial charge in [-0.1, -0.05) is 30.3 Å². The van der Waals surface area contributed by atoms with E-state index in [1.54, 1.807) is 10.8 Å². The van der Waals surface area contributed by atoms with Gasteiger partial charge in [-0.15, -0.1) is 12.4 Å². The molecule has 1 aromatic carbocycles. The van der Waals surface area contributed by atoms with Gasteiger partial charge in [0, 0.05) is 10.7 Å². The Hall–Kier alpha value is -1.59. The average molecular weight is 355 g/mol. The Balaban J connectivity index is 0.00000147. The van der Waals surface area contributed by atoms with Gasteiger partial charge < -0.3 is 0 Å². The van der Waals surface area contributed by atoms with Crippen molar-refractivity contribution >= 4 is 39.5 Å². The van der Waals surface area contributed by atoms with Crippen molar-refractivity contribution in [1.29, 1.82) is 0 Å². The molecule has 0 aliphatic heterocycles. The Labute approximate surface area is 130 Å². The number of hydrogen-bond donors (Lipinski definition) is 1. The highest BCUT2D eigenvalue weighted by Crippen LogP contribution is 2.22. The number of imidazole rings is 1. The summed E-state index contributed by atoms with van der Waals surface area (Å²) >= 11 is 3.39. The fourth-order valence-corrected chi connectivity index (χ4v) is 2.56. The zero-order chi connectivity index (χ0) is 13.4. The molecular weight excluding hydrogens is 342 g/mol. The van der Waals surface area contributed by atoms with E-state index >= 15 is 0 Å². The standard InChI is InChI=1S/C14H12BrN3O.ClH/c1-9(10-5-3-2-4-6-10)18-12-7-11(15)8-16-13(12)17-14(18)19;/h2-9H,1H3,(H,16,17,19);1H. The van der Waals surface area contributed by atoms with Crippen molar-refractivity contribution in [3.05, 3.63) is 63.1 Å². The number of aromatic amines is 1. The zero-order valence-corrected chi connectivity index (χ0v) is 13.1. The van der Waals surface area contributed by atoms with Crippen LogP contribution >= 0.6 is 28.3 Å². The van der Waals surface area contributed by atoms with Gasteiger partial charge in [-0.2, -0.15) is 0 Å². The molecule has 104 valence electrons. The highest BCUT2D eigenvalue weighted by atomic mass is 79.9. The van der Waals surface area contributed by atoms with Crippen LogP contribution in [0.2, 0.25) is 0 Å². The Morgan fingerprint density at radius 1 is 1.30 bits per heavy atom. The molecule has 2 heterocycles. The molecule has 0 saturated carbocycles. The summed E-state index contributed by atoms with van der Waals surface area (Å²) in [6.45, 7) is 2.00. The van der Waals surface area contributed by atoms with Gasteiger partial charge in [0.25, 0.3) is 0 Å². The lowest BCUT2D eigenvalue weighted by molar-refractivity contribution is 0.635. The summed E-state index contributed by atoms with van der Waals surface area (Å²) in [6.07, 6.45) is 1.68. The first-order chi connectivity index (χ1) is 9.16. The van der Waals surface area contributed by atoms with E-state index in [1.807, 2.05) is 43.3 Å². The van der Waals surface area contributed by atoms with E-state index in [1.165, 1.54) is 0 Å². The van der Waals surface area contributed by atoms with E-state index in [-0.39, 0.29) is 24.1 Å². The summed E-state index contributed by atoms with van der Waals surface area (Å²) in [7, 11) is 0. The number of H-pyrrole nitrogens is 1. The van der Waals surface area contributed by atoms with Gasteiger partial charge in [-0.3, -0.25) is 9.55 Å². The van der Waals surface area contributed by atoms with Crippen LogP contribution in [-0.4, -0.2) is 14.5 Å². The average Bonchev–Trinajstić information content (AvgIpc) is 2.74. The SMILES string of the molecule is CC(c1ccccc1)n1c(=O)[nH]c2ncc(Br)cc21.Cl. The third-order valence-electron chi connectivity index (χ3n) is 3.21. The molecular formula is C14H13BrClN3O. The fraction of sp³-hybridized carbons (Fsp3) is 0.143. The van der Waals surface area contributed by atoms with Gasteiger partial charge in [0.15, 0.2) is 5.65 Å². The first kappa shape index (κ1) is 14.8. The fourth-order valence-electron chi connectivity index (χ4n) is 2.24. The summed E-state index contributed by atoms with van der Waals surface area (Å²) < 4.78 is 2.58. The molecule has 4 nitrogen and oxygen atoms in total. The third-order valence-corrected chi connectivity index (χ3v) is 3.64. The number of hydrogen-bond acceptors (Lipinski definition) is 2. The lowest BCUT2D eigenvalue weighted by Crippen LogP contribution is -2.21. The van der Waals surface area contributed by atoms with Crippen molar-refractivity contribution in [2.75, 3.05) is 0 Å². The molecule has 0 saturated heterocycles. The smallest absolute Gasteiger partial charge is 0.290 e. The molecule has 1 atom stereocenters. The number of fused-ring (bicyclic) bond motifs is 1. The predicted molar refractivity (Wildman–Crippen MR) is 85.6 cm³/mol. The van der Waals surface area contributed by atoms with Crippen LogP contribution in [0.1, 0.15) is 18.5 Å². The highest BCUT2D eigenvalue weighted by Gasteiger charge is 2.15. The molecule has 0 fully saturated rings. The van der Waals surface area contributed by atoms with E-state index in [2.05, 4.69) is 25.9 Å². The van der Waals surface area contributed by atoms with E-state index in [9.17, 15) is 4.79 Å². The molecule has 6 heteroatoms. The van der Waals surface area contributed by atoms with Crippen LogP contribution in [0.5, 0.6) is 0 Å². The summed E-state index contributed by atoms with van der Waals surface area (Å²) in [5, 5.41) is 0. The third kappa shape index (κ3) is 2.51. The predicted octanol–water partition coefficient (Wildman–Crippen LogP) is 3.52. The monoisotopic (exact) mass is 353 g/mol. The van der Waals surface area contributed by atoms with Gasteiger partial charge >= 0.3 is 5.69 Å². The molecule has 2 aromatic heterocycles. The van der Waals surface area contributed by atoms with E-state index in [4.69, 9.17) is 0 Å². The topological polar surface area (TPSA) is 50.7 Å². The number of nitrogens with zero attached hydrogens (tertiary/aromatic N) is 2. The maximum Gasteiger partial charge on any atom is 0.328 e. The molecule has 3 rings (SSSR count). The first-order valence-electron chi connectivity index (χ1n) is 5.97. The number of nitrogens with one attached hydrogen (secondary N) is 1. The lowest BCUT2D eigenvalue weighted by Gasteiger charge is -2.13. The van der Waals surface area contributed by atoms with Crippen LogP contribution < -0.4 is 5.69 Å². The Kier molecular flexibility index (Phi) is 4.30. The zero-order valence-electron chi connectivity index (χ0n) is 10.7. The van der Waals surface area contributed by atoms with Crippen LogP contribution in [0.4, 0.5) is 0 Å². The number of pyridine rings is 1. The van der Waals surface area contributed by atoms with Gasteiger partial charge in [-0.05, 0) is 34.5 Å². The minimum Gasteiger partial charge on any atom is -0.290 e. The molecule has 0 aliphatic carbocycles. The normalized spacial score (nSPS) is 12.1. The van der Waals surface area contributed by atoms with Gasteiger partial charge in [0.05, 0.1) is 11.6 Å². The van der Waals surface area contributed by atoms with Crippen molar-refractivity contribution in [1.82, 2.24) is 14.5 Å². The van der Waals surface area contributed by atoms with Crippen LogP contribution in [0, 0.1) is 0 Å². The van der Waals surface area contributed by atoms with E-state index < -0.39 is 0 Å². The van der Waals surface area contributed by atoms with Crippen molar-refractivity contribution in [3.63, 3.8) is 0 Å². The summed E-state index contributed by atoms with van der Waals surface area (Å²) in [5.41, 5.74) is 2.36. The maximum absolute atomic E-state index is 12.1. The summed E-state index contributed by atoms with van der Waals surface area (Å²) in [6, 6.07) is 11.8. The molecule has 1 unspecified atom stereocenters. The van der Waals surface area contributed by atoms with Crippen molar-refractivity contribution < 1.29 is 0 Å². The molecule has 1 N–H and O–H groups in total. The number of benzene rings is 1. The first-order valence-corrected chi connectivity index (χ1v) is 6.77. The molecule has 0 amide bonds. The van der Waals surface area contributed by atoms with Crippen LogP contribution in [0.25, 0.3) is 11.2 Å². The van der Waals surface area contributed by atoms with E-state index in [0.717, 1.165) is 15.6 Å². The maximum atomic E-state index is 12.1. The minimum atomic E-state index is -0.142. The number of aromatic nitrogens is 3. The van der Waals surface area contributed by atoms with Gasteiger partial charge in [-0.25, -0.2) is 9.78 Å². The van der Waals surface area contributed by atoms with Gasteiger partial charge in [0.1, 0.15) is 0 Å². The molecule has 0 aliphatic rings. The number of halogens is 2. The number of rotatable bonds is 2. The van der Waals surface area contributed by atoms with Gasteiger partial charge in [0.2, 0.25) is 0 Å². The molecule has 0 bridgehead atoms. The van der Waals surface area contributed by atoms with E-state index in [0.29, 0.717) is 5.65 Å². The second-order valence-corrected chi connectivity index (χ2v) is 5.32.